The second-order valence-corrected chi connectivity index (χ2v) is 6.55. The average molecular weight is 299 g/mol. The molecule has 2 aromatic heterocycles. The van der Waals surface area contributed by atoms with Crippen LogP contribution in [0.5, 0.6) is 0 Å². The molecule has 1 spiro atoms. The summed E-state index contributed by atoms with van der Waals surface area (Å²) in [6, 6.07) is 2.05. The number of ether oxygens (including phenoxy) is 1. The van der Waals surface area contributed by atoms with E-state index in [2.05, 4.69) is 21.0 Å². The molecular formula is C16H21N5O. The Labute approximate surface area is 130 Å². The monoisotopic (exact) mass is 299 g/mol. The molecule has 4 rings (SSSR count). The first-order valence-electron chi connectivity index (χ1n) is 7.84. The summed E-state index contributed by atoms with van der Waals surface area (Å²) in [7, 11) is 0. The van der Waals surface area contributed by atoms with Gasteiger partial charge >= 0.3 is 0 Å². The van der Waals surface area contributed by atoms with E-state index >= 15 is 0 Å². The van der Waals surface area contributed by atoms with Crippen molar-refractivity contribution >= 4 is 5.82 Å². The number of anilines is 1. The molecule has 0 unspecified atom stereocenters. The first-order chi connectivity index (χ1) is 10.7. The molecule has 2 fully saturated rings. The third-order valence-electron chi connectivity index (χ3n) is 4.78. The minimum Gasteiger partial charge on any atom is -0.381 e. The van der Waals surface area contributed by atoms with E-state index in [0.717, 1.165) is 55.7 Å². The number of nitrogens with zero attached hydrogens (tertiary/aromatic N) is 5. The molecule has 0 bridgehead atoms. The van der Waals surface area contributed by atoms with E-state index < -0.39 is 0 Å². The van der Waals surface area contributed by atoms with E-state index in [0.29, 0.717) is 5.41 Å². The van der Waals surface area contributed by atoms with Gasteiger partial charge in [-0.05, 0) is 32.8 Å². The molecule has 2 aliphatic heterocycles. The van der Waals surface area contributed by atoms with Gasteiger partial charge in [0.05, 0.1) is 24.7 Å². The minimum atomic E-state index is 0.329. The van der Waals surface area contributed by atoms with Crippen LogP contribution >= 0.6 is 0 Å². The first-order valence-corrected chi connectivity index (χ1v) is 7.84. The lowest BCUT2D eigenvalue weighted by molar-refractivity contribution is 0.160. The highest BCUT2D eigenvalue weighted by Gasteiger charge is 2.41. The van der Waals surface area contributed by atoms with Crippen molar-refractivity contribution in [3.8, 4) is 5.82 Å². The molecule has 2 aromatic rings. The molecular weight excluding hydrogens is 278 g/mol. The Morgan fingerprint density at radius 3 is 2.77 bits per heavy atom. The fraction of sp³-hybridized carbons (Fsp3) is 0.562. The third kappa shape index (κ3) is 2.27. The number of hydrogen-bond acceptors (Lipinski definition) is 5. The average Bonchev–Trinajstić information content (AvgIpc) is 3.22. The molecule has 4 heterocycles. The van der Waals surface area contributed by atoms with Crippen LogP contribution in [0.4, 0.5) is 5.82 Å². The predicted molar refractivity (Wildman–Crippen MR) is 83.3 cm³/mol. The maximum atomic E-state index is 5.60. The zero-order valence-corrected chi connectivity index (χ0v) is 13.1. The van der Waals surface area contributed by atoms with Gasteiger partial charge in [-0.3, -0.25) is 4.98 Å². The standard InChI is InChI=1S/C16H21N5O/c1-12-7-13(2)21(19-12)15-9-17-8-14(18-15)20-5-3-16(10-20)4-6-22-11-16/h7-9H,3-6,10-11H2,1-2H3/t16-/m1/s1. The van der Waals surface area contributed by atoms with Crippen molar-refractivity contribution in [3.63, 3.8) is 0 Å². The smallest absolute Gasteiger partial charge is 0.174 e. The Balaban J connectivity index is 1.61. The van der Waals surface area contributed by atoms with Crippen LogP contribution in [-0.4, -0.2) is 46.1 Å². The van der Waals surface area contributed by atoms with E-state index in [9.17, 15) is 0 Å². The SMILES string of the molecule is Cc1cc(C)n(-c2cncc(N3CC[C@@]4(CCOC4)C3)n2)n1. The normalized spacial score (nSPS) is 24.5. The van der Waals surface area contributed by atoms with Gasteiger partial charge < -0.3 is 9.64 Å². The maximum absolute atomic E-state index is 5.60. The maximum Gasteiger partial charge on any atom is 0.174 e. The Bertz CT molecular complexity index is 690. The Morgan fingerprint density at radius 1 is 1.18 bits per heavy atom. The van der Waals surface area contributed by atoms with Crippen LogP contribution in [0.1, 0.15) is 24.2 Å². The van der Waals surface area contributed by atoms with Gasteiger partial charge in [-0.25, -0.2) is 9.67 Å². The fourth-order valence-electron chi connectivity index (χ4n) is 3.56. The Kier molecular flexibility index (Phi) is 3.14. The molecule has 22 heavy (non-hydrogen) atoms. The van der Waals surface area contributed by atoms with Gasteiger partial charge in [-0.2, -0.15) is 5.10 Å². The lowest BCUT2D eigenvalue weighted by Crippen LogP contribution is -2.28. The van der Waals surface area contributed by atoms with Gasteiger partial charge in [0, 0.05) is 30.8 Å². The molecule has 6 heteroatoms. The van der Waals surface area contributed by atoms with Crippen LogP contribution in [0.2, 0.25) is 0 Å². The Morgan fingerprint density at radius 2 is 2.05 bits per heavy atom. The molecule has 0 aliphatic carbocycles. The summed E-state index contributed by atoms with van der Waals surface area (Å²) < 4.78 is 7.46. The van der Waals surface area contributed by atoms with Gasteiger partial charge in [-0.15, -0.1) is 0 Å². The van der Waals surface area contributed by atoms with E-state index in [-0.39, 0.29) is 0 Å². The topological polar surface area (TPSA) is 56.1 Å². The summed E-state index contributed by atoms with van der Waals surface area (Å²) in [5.74, 6) is 1.72. The molecule has 2 aliphatic rings. The molecule has 0 aromatic carbocycles. The van der Waals surface area contributed by atoms with Crippen molar-refractivity contribution in [1.29, 1.82) is 0 Å². The van der Waals surface area contributed by atoms with E-state index in [1.165, 1.54) is 6.42 Å². The van der Waals surface area contributed by atoms with Crippen LogP contribution in [0.3, 0.4) is 0 Å². The zero-order chi connectivity index (χ0) is 15.2. The molecule has 0 amide bonds. The minimum absolute atomic E-state index is 0.329. The van der Waals surface area contributed by atoms with Crippen LogP contribution in [0, 0.1) is 19.3 Å². The second-order valence-electron chi connectivity index (χ2n) is 6.55. The molecule has 2 saturated heterocycles. The van der Waals surface area contributed by atoms with Crippen LogP contribution in [0.25, 0.3) is 5.82 Å². The highest BCUT2D eigenvalue weighted by molar-refractivity contribution is 5.41. The van der Waals surface area contributed by atoms with Gasteiger partial charge in [-0.1, -0.05) is 0 Å². The molecule has 0 N–H and O–H groups in total. The summed E-state index contributed by atoms with van der Waals surface area (Å²) in [5.41, 5.74) is 2.40. The van der Waals surface area contributed by atoms with Gasteiger partial charge in [0.25, 0.3) is 0 Å². The summed E-state index contributed by atoms with van der Waals surface area (Å²) in [5, 5.41) is 4.49. The summed E-state index contributed by atoms with van der Waals surface area (Å²) in [6.07, 6.45) is 5.96. The highest BCUT2D eigenvalue weighted by Crippen LogP contribution is 2.39. The number of aryl methyl sites for hydroxylation is 2. The second kappa shape index (κ2) is 5.05. The fourth-order valence-corrected chi connectivity index (χ4v) is 3.56. The molecule has 6 nitrogen and oxygen atoms in total. The van der Waals surface area contributed by atoms with Crippen molar-refractivity contribution < 1.29 is 4.74 Å². The lowest BCUT2D eigenvalue weighted by atomic mass is 9.87. The van der Waals surface area contributed by atoms with E-state index in [1.54, 1.807) is 6.20 Å². The van der Waals surface area contributed by atoms with Crippen molar-refractivity contribution in [2.45, 2.75) is 26.7 Å². The van der Waals surface area contributed by atoms with E-state index in [1.807, 2.05) is 24.7 Å². The number of aromatic nitrogens is 4. The first kappa shape index (κ1) is 13.7. The van der Waals surface area contributed by atoms with Gasteiger partial charge in [0.2, 0.25) is 0 Å². The van der Waals surface area contributed by atoms with Crippen molar-refractivity contribution in [1.82, 2.24) is 19.7 Å². The summed E-state index contributed by atoms with van der Waals surface area (Å²) >= 11 is 0. The van der Waals surface area contributed by atoms with Gasteiger partial charge in [0.15, 0.2) is 5.82 Å². The van der Waals surface area contributed by atoms with Crippen molar-refractivity contribution in [2.75, 3.05) is 31.2 Å². The molecule has 1 atom stereocenters. The molecule has 0 radical (unpaired) electrons. The highest BCUT2D eigenvalue weighted by atomic mass is 16.5. The van der Waals surface area contributed by atoms with E-state index in [4.69, 9.17) is 9.72 Å². The predicted octanol–water partition coefficient (Wildman–Crippen LogP) is 1.90. The lowest BCUT2D eigenvalue weighted by Gasteiger charge is -2.22. The molecule has 116 valence electrons. The Hall–Kier alpha value is -1.95. The number of rotatable bonds is 2. The summed E-state index contributed by atoms with van der Waals surface area (Å²) in [6.45, 7) is 7.85. The van der Waals surface area contributed by atoms with Crippen molar-refractivity contribution in [3.05, 3.63) is 29.8 Å². The molecule has 0 saturated carbocycles. The van der Waals surface area contributed by atoms with Crippen LogP contribution in [0.15, 0.2) is 18.5 Å². The summed E-state index contributed by atoms with van der Waals surface area (Å²) in [4.78, 5) is 11.5. The zero-order valence-electron chi connectivity index (χ0n) is 13.1. The van der Waals surface area contributed by atoms with Gasteiger partial charge in [0.1, 0.15) is 5.82 Å². The van der Waals surface area contributed by atoms with Crippen LogP contribution < -0.4 is 4.90 Å². The third-order valence-corrected chi connectivity index (χ3v) is 4.78. The largest absolute Gasteiger partial charge is 0.381 e. The van der Waals surface area contributed by atoms with Crippen molar-refractivity contribution in [2.24, 2.45) is 5.41 Å². The van der Waals surface area contributed by atoms with Crippen LogP contribution in [-0.2, 0) is 4.74 Å². The number of hydrogen-bond donors (Lipinski definition) is 0. The quantitative estimate of drug-likeness (QED) is 0.847.